The van der Waals surface area contributed by atoms with Crippen molar-refractivity contribution in [3.05, 3.63) is 24.3 Å². The van der Waals surface area contributed by atoms with E-state index in [4.69, 9.17) is 5.73 Å². The molecular weight excluding hydrogens is 236 g/mol. The van der Waals surface area contributed by atoms with Gasteiger partial charge in [0.15, 0.2) is 9.84 Å². The zero-order chi connectivity index (χ0) is 13.1. The standard InChI is InChI=1S/C12H20N2O2S/c1-9(8-13)10(2)14-11-4-6-12(7-5-11)17(3,15)16/h4-7,9-10,14H,8,13H2,1-3H3. The Balaban J connectivity index is 2.76. The van der Waals surface area contributed by atoms with Crippen molar-refractivity contribution in [3.63, 3.8) is 0 Å². The molecule has 96 valence electrons. The topological polar surface area (TPSA) is 72.2 Å². The molecule has 0 aromatic heterocycles. The number of benzene rings is 1. The second-order valence-corrected chi connectivity index (χ2v) is 6.46. The number of anilines is 1. The lowest BCUT2D eigenvalue weighted by Crippen LogP contribution is -2.29. The number of hydrogen-bond acceptors (Lipinski definition) is 4. The summed E-state index contributed by atoms with van der Waals surface area (Å²) in [5.41, 5.74) is 6.50. The molecule has 3 N–H and O–H groups in total. The molecule has 1 rings (SSSR count). The summed E-state index contributed by atoms with van der Waals surface area (Å²) in [5.74, 6) is 0.365. The molecule has 0 bridgehead atoms. The fraction of sp³-hybridized carbons (Fsp3) is 0.500. The van der Waals surface area contributed by atoms with E-state index in [0.29, 0.717) is 17.4 Å². The van der Waals surface area contributed by atoms with Crippen LogP contribution in [-0.4, -0.2) is 27.3 Å². The van der Waals surface area contributed by atoms with Gasteiger partial charge in [-0.15, -0.1) is 0 Å². The summed E-state index contributed by atoms with van der Waals surface area (Å²) >= 11 is 0. The molecule has 0 aliphatic carbocycles. The minimum Gasteiger partial charge on any atom is -0.382 e. The van der Waals surface area contributed by atoms with Gasteiger partial charge in [0.1, 0.15) is 0 Å². The van der Waals surface area contributed by atoms with E-state index in [1.54, 1.807) is 24.3 Å². The molecule has 1 aromatic rings. The van der Waals surface area contributed by atoms with Crippen LogP contribution >= 0.6 is 0 Å². The van der Waals surface area contributed by atoms with Crippen LogP contribution in [0.5, 0.6) is 0 Å². The van der Waals surface area contributed by atoms with Crippen LogP contribution in [0.1, 0.15) is 13.8 Å². The van der Waals surface area contributed by atoms with Crippen LogP contribution in [0, 0.1) is 5.92 Å². The maximum Gasteiger partial charge on any atom is 0.175 e. The summed E-state index contributed by atoms with van der Waals surface area (Å²) < 4.78 is 22.6. The average molecular weight is 256 g/mol. The lowest BCUT2D eigenvalue weighted by Gasteiger charge is -2.21. The van der Waals surface area contributed by atoms with Crippen LogP contribution in [0.15, 0.2) is 29.2 Å². The van der Waals surface area contributed by atoms with Crippen molar-refractivity contribution >= 4 is 15.5 Å². The zero-order valence-corrected chi connectivity index (χ0v) is 11.3. The first kappa shape index (κ1) is 14.0. The van der Waals surface area contributed by atoms with Crippen LogP contribution in [0.25, 0.3) is 0 Å². The number of sulfone groups is 1. The first-order chi connectivity index (χ1) is 7.84. The molecule has 5 heteroatoms. The van der Waals surface area contributed by atoms with Crippen LogP contribution in [0.4, 0.5) is 5.69 Å². The smallest absolute Gasteiger partial charge is 0.175 e. The highest BCUT2D eigenvalue weighted by atomic mass is 32.2. The van der Waals surface area contributed by atoms with Crippen LogP contribution in [0.2, 0.25) is 0 Å². The molecule has 0 saturated heterocycles. The average Bonchev–Trinajstić information content (AvgIpc) is 2.27. The van der Waals surface area contributed by atoms with Gasteiger partial charge in [-0.05, 0) is 43.7 Å². The van der Waals surface area contributed by atoms with Crippen molar-refractivity contribution in [3.8, 4) is 0 Å². The molecule has 0 heterocycles. The Hall–Kier alpha value is -1.07. The van der Waals surface area contributed by atoms with E-state index in [0.717, 1.165) is 5.69 Å². The molecule has 0 fully saturated rings. The number of hydrogen-bond donors (Lipinski definition) is 2. The molecule has 0 radical (unpaired) electrons. The van der Waals surface area contributed by atoms with Crippen molar-refractivity contribution in [2.24, 2.45) is 11.7 Å². The second kappa shape index (κ2) is 5.51. The Bertz CT molecular complexity index is 454. The van der Waals surface area contributed by atoms with E-state index in [-0.39, 0.29) is 6.04 Å². The fourth-order valence-electron chi connectivity index (χ4n) is 1.41. The van der Waals surface area contributed by atoms with E-state index < -0.39 is 9.84 Å². The summed E-state index contributed by atoms with van der Waals surface area (Å²) in [5, 5.41) is 3.30. The van der Waals surface area contributed by atoms with E-state index in [9.17, 15) is 8.42 Å². The summed E-state index contributed by atoms with van der Waals surface area (Å²) in [4.78, 5) is 0.336. The number of nitrogens with one attached hydrogen (secondary N) is 1. The Morgan fingerprint density at radius 1 is 1.24 bits per heavy atom. The van der Waals surface area contributed by atoms with Gasteiger partial charge in [0.05, 0.1) is 4.90 Å². The van der Waals surface area contributed by atoms with Gasteiger partial charge >= 0.3 is 0 Å². The second-order valence-electron chi connectivity index (χ2n) is 4.44. The summed E-state index contributed by atoms with van der Waals surface area (Å²) in [6.45, 7) is 4.75. The number of nitrogens with two attached hydrogens (primary N) is 1. The summed E-state index contributed by atoms with van der Waals surface area (Å²) in [6, 6.07) is 7.02. The van der Waals surface area contributed by atoms with Gasteiger partial charge in [-0.3, -0.25) is 0 Å². The highest BCUT2D eigenvalue weighted by molar-refractivity contribution is 7.90. The number of rotatable bonds is 5. The highest BCUT2D eigenvalue weighted by Gasteiger charge is 2.11. The van der Waals surface area contributed by atoms with Gasteiger partial charge in [-0.25, -0.2) is 8.42 Å². The molecule has 2 atom stereocenters. The maximum atomic E-state index is 11.3. The van der Waals surface area contributed by atoms with E-state index >= 15 is 0 Å². The normalized spacial score (nSPS) is 15.3. The molecule has 0 aliphatic heterocycles. The quantitative estimate of drug-likeness (QED) is 0.837. The van der Waals surface area contributed by atoms with Crippen LogP contribution in [0.3, 0.4) is 0 Å². The molecule has 2 unspecified atom stereocenters. The van der Waals surface area contributed by atoms with Gasteiger partial charge in [-0.1, -0.05) is 6.92 Å². The van der Waals surface area contributed by atoms with Gasteiger partial charge in [0.2, 0.25) is 0 Å². The Kier molecular flexibility index (Phi) is 4.54. The van der Waals surface area contributed by atoms with Gasteiger partial charge in [-0.2, -0.15) is 0 Å². The van der Waals surface area contributed by atoms with Gasteiger partial charge in [0.25, 0.3) is 0 Å². The molecule has 0 saturated carbocycles. The predicted octanol–water partition coefficient (Wildman–Crippen LogP) is 1.49. The lowest BCUT2D eigenvalue weighted by atomic mass is 10.0. The Morgan fingerprint density at radius 3 is 2.18 bits per heavy atom. The molecule has 0 spiro atoms. The van der Waals surface area contributed by atoms with Gasteiger partial charge < -0.3 is 11.1 Å². The molecule has 0 aliphatic rings. The Morgan fingerprint density at radius 2 is 1.76 bits per heavy atom. The SMILES string of the molecule is CC(CN)C(C)Nc1ccc(S(C)(=O)=O)cc1. The van der Waals surface area contributed by atoms with Crippen molar-refractivity contribution in [2.75, 3.05) is 18.1 Å². The van der Waals surface area contributed by atoms with Crippen molar-refractivity contribution in [1.82, 2.24) is 0 Å². The zero-order valence-electron chi connectivity index (χ0n) is 10.5. The molecule has 1 aromatic carbocycles. The molecular formula is C12H20N2O2S. The highest BCUT2D eigenvalue weighted by Crippen LogP contribution is 2.16. The third-order valence-electron chi connectivity index (χ3n) is 2.90. The minimum absolute atomic E-state index is 0.254. The summed E-state index contributed by atoms with van der Waals surface area (Å²) in [7, 11) is -3.12. The molecule has 4 nitrogen and oxygen atoms in total. The molecule has 0 amide bonds. The van der Waals surface area contributed by atoms with Crippen LogP contribution in [-0.2, 0) is 9.84 Å². The lowest BCUT2D eigenvalue weighted by molar-refractivity contribution is 0.521. The van der Waals surface area contributed by atoms with E-state index in [1.807, 2.05) is 0 Å². The third kappa shape index (κ3) is 4.02. The minimum atomic E-state index is -3.12. The Labute approximate surface area is 103 Å². The first-order valence-corrected chi connectivity index (χ1v) is 7.50. The van der Waals surface area contributed by atoms with E-state index in [2.05, 4.69) is 19.2 Å². The maximum absolute atomic E-state index is 11.3. The van der Waals surface area contributed by atoms with E-state index in [1.165, 1.54) is 6.26 Å². The fourth-order valence-corrected chi connectivity index (χ4v) is 2.04. The van der Waals surface area contributed by atoms with Crippen molar-refractivity contribution in [2.45, 2.75) is 24.8 Å². The third-order valence-corrected chi connectivity index (χ3v) is 4.03. The summed E-state index contributed by atoms with van der Waals surface area (Å²) in [6.07, 6.45) is 1.20. The largest absolute Gasteiger partial charge is 0.382 e. The molecule has 17 heavy (non-hydrogen) atoms. The first-order valence-electron chi connectivity index (χ1n) is 5.61. The monoisotopic (exact) mass is 256 g/mol. The predicted molar refractivity (Wildman–Crippen MR) is 70.9 cm³/mol. The van der Waals surface area contributed by atoms with Gasteiger partial charge in [0, 0.05) is 18.0 Å². The van der Waals surface area contributed by atoms with Crippen molar-refractivity contribution < 1.29 is 8.42 Å². The van der Waals surface area contributed by atoms with Crippen LogP contribution < -0.4 is 11.1 Å². The van der Waals surface area contributed by atoms with Crippen molar-refractivity contribution in [1.29, 1.82) is 0 Å².